The lowest BCUT2D eigenvalue weighted by molar-refractivity contribution is -0.142. The van der Waals surface area contributed by atoms with Crippen LogP contribution >= 0.6 is 0 Å². The third kappa shape index (κ3) is 4.21. The smallest absolute Gasteiger partial charge is 0.333 e. The molecule has 0 saturated heterocycles. The van der Waals surface area contributed by atoms with Gasteiger partial charge in [-0.25, -0.2) is 4.79 Å². The van der Waals surface area contributed by atoms with Crippen LogP contribution < -0.4 is 0 Å². The summed E-state index contributed by atoms with van der Waals surface area (Å²) in [5.74, 6) is -0.174. The molecular formula is C21H29N3O3. The van der Waals surface area contributed by atoms with Crippen molar-refractivity contribution < 1.29 is 14.6 Å². The van der Waals surface area contributed by atoms with E-state index in [0.29, 0.717) is 18.6 Å². The molecule has 4 unspecified atom stereocenters. The van der Waals surface area contributed by atoms with E-state index in [1.807, 2.05) is 24.3 Å². The van der Waals surface area contributed by atoms with Crippen LogP contribution in [0.1, 0.15) is 46.6 Å². The topological polar surface area (TPSA) is 77.2 Å². The molecule has 1 saturated carbocycles. The molecule has 1 aliphatic rings. The molecule has 0 bridgehead atoms. The van der Waals surface area contributed by atoms with Gasteiger partial charge in [-0.05, 0) is 49.1 Å². The molecular weight excluding hydrogens is 342 g/mol. The van der Waals surface area contributed by atoms with Crippen LogP contribution in [0, 0.1) is 17.3 Å². The number of benzene rings is 1. The van der Waals surface area contributed by atoms with Crippen LogP contribution in [0.2, 0.25) is 0 Å². The molecule has 0 aliphatic heterocycles. The van der Waals surface area contributed by atoms with Gasteiger partial charge >= 0.3 is 5.97 Å². The number of carbonyl (C=O) groups excluding carboxylic acids is 1. The van der Waals surface area contributed by atoms with Crippen LogP contribution in [0.15, 0.2) is 36.4 Å². The van der Waals surface area contributed by atoms with Crippen molar-refractivity contribution in [2.75, 3.05) is 6.61 Å². The fourth-order valence-electron chi connectivity index (χ4n) is 3.92. The SMILES string of the molecule is C=C(C)C(=O)OCC1CC(n2nc3ccccc3n2)C(O)C(C(C)(C)C)C1. The molecule has 1 aliphatic carbocycles. The first-order chi connectivity index (χ1) is 12.7. The van der Waals surface area contributed by atoms with E-state index in [2.05, 4.69) is 37.5 Å². The van der Waals surface area contributed by atoms with E-state index < -0.39 is 6.10 Å². The Bertz CT molecular complexity index is 804. The van der Waals surface area contributed by atoms with Gasteiger partial charge in [-0.15, -0.1) is 0 Å². The zero-order valence-electron chi connectivity index (χ0n) is 16.6. The summed E-state index contributed by atoms with van der Waals surface area (Å²) in [6.45, 7) is 12.0. The number of aliphatic hydroxyl groups is 1. The van der Waals surface area contributed by atoms with Crippen molar-refractivity contribution in [2.45, 2.75) is 52.7 Å². The maximum atomic E-state index is 11.8. The molecule has 3 rings (SSSR count). The number of aromatic nitrogens is 3. The van der Waals surface area contributed by atoms with Gasteiger partial charge in [0, 0.05) is 5.57 Å². The maximum absolute atomic E-state index is 11.8. The van der Waals surface area contributed by atoms with Crippen molar-refractivity contribution in [3.05, 3.63) is 36.4 Å². The van der Waals surface area contributed by atoms with Gasteiger partial charge in [0.25, 0.3) is 0 Å². The average Bonchev–Trinajstić information content (AvgIpc) is 3.03. The summed E-state index contributed by atoms with van der Waals surface area (Å²) in [7, 11) is 0. The summed E-state index contributed by atoms with van der Waals surface area (Å²) >= 11 is 0. The summed E-state index contributed by atoms with van der Waals surface area (Å²) in [5.41, 5.74) is 1.94. The summed E-state index contributed by atoms with van der Waals surface area (Å²) < 4.78 is 5.41. The first kappa shape index (κ1) is 19.5. The molecule has 6 heteroatoms. The Kier molecular flexibility index (Phi) is 5.38. The Balaban J connectivity index is 1.86. The molecule has 1 heterocycles. The molecule has 6 nitrogen and oxygen atoms in total. The maximum Gasteiger partial charge on any atom is 0.333 e. The number of hydrogen-bond acceptors (Lipinski definition) is 5. The van der Waals surface area contributed by atoms with Gasteiger partial charge in [0.2, 0.25) is 0 Å². The van der Waals surface area contributed by atoms with E-state index in [4.69, 9.17) is 4.74 Å². The van der Waals surface area contributed by atoms with Crippen LogP contribution in [-0.4, -0.2) is 38.8 Å². The Morgan fingerprint density at radius 1 is 1.26 bits per heavy atom. The fourth-order valence-corrected chi connectivity index (χ4v) is 3.92. The summed E-state index contributed by atoms with van der Waals surface area (Å²) in [6, 6.07) is 7.44. The predicted molar refractivity (Wildman–Crippen MR) is 104 cm³/mol. The second-order valence-corrected chi connectivity index (χ2v) is 8.76. The molecule has 0 radical (unpaired) electrons. The largest absolute Gasteiger partial charge is 0.462 e. The first-order valence-electron chi connectivity index (χ1n) is 9.49. The van der Waals surface area contributed by atoms with Crippen LogP contribution in [0.25, 0.3) is 11.0 Å². The van der Waals surface area contributed by atoms with E-state index in [0.717, 1.165) is 17.5 Å². The van der Waals surface area contributed by atoms with Crippen LogP contribution in [-0.2, 0) is 9.53 Å². The van der Waals surface area contributed by atoms with Crippen molar-refractivity contribution in [2.24, 2.45) is 17.3 Å². The van der Waals surface area contributed by atoms with Crippen LogP contribution in [0.5, 0.6) is 0 Å². The average molecular weight is 371 g/mol. The first-order valence-corrected chi connectivity index (χ1v) is 9.49. The highest BCUT2D eigenvalue weighted by atomic mass is 16.5. The Morgan fingerprint density at radius 3 is 2.37 bits per heavy atom. The minimum Gasteiger partial charge on any atom is -0.462 e. The molecule has 1 fully saturated rings. The molecule has 27 heavy (non-hydrogen) atoms. The fraction of sp³-hybridized carbons (Fsp3) is 0.571. The monoisotopic (exact) mass is 371 g/mol. The Hall–Kier alpha value is -2.21. The highest BCUT2D eigenvalue weighted by molar-refractivity contribution is 5.86. The predicted octanol–water partition coefficient (Wildman–Crippen LogP) is 3.52. The molecule has 1 N–H and O–H groups in total. The third-order valence-electron chi connectivity index (χ3n) is 5.48. The molecule has 2 aromatic rings. The zero-order chi connectivity index (χ0) is 19.8. The number of carbonyl (C=O) groups is 1. The minimum absolute atomic E-state index is 0.0545. The van der Waals surface area contributed by atoms with Gasteiger partial charge in [0.15, 0.2) is 0 Å². The highest BCUT2D eigenvalue weighted by Crippen LogP contribution is 2.44. The standard InChI is InChI=1S/C21H29N3O3/c1-13(2)20(26)27-12-14-10-15(21(3,4)5)19(25)18(11-14)24-22-16-8-6-7-9-17(16)23-24/h6-9,14-15,18-19,25H,1,10-12H2,2-5H3. The van der Waals surface area contributed by atoms with Crippen LogP contribution in [0.4, 0.5) is 0 Å². The minimum atomic E-state index is -0.556. The third-order valence-corrected chi connectivity index (χ3v) is 5.48. The van der Waals surface area contributed by atoms with Gasteiger partial charge in [-0.2, -0.15) is 15.0 Å². The Labute approximate surface area is 160 Å². The van der Waals surface area contributed by atoms with Crippen molar-refractivity contribution in [3.8, 4) is 0 Å². The number of aliphatic hydroxyl groups excluding tert-OH is 1. The van der Waals surface area contributed by atoms with Crippen molar-refractivity contribution >= 4 is 17.0 Å². The van der Waals surface area contributed by atoms with Crippen molar-refractivity contribution in [1.29, 1.82) is 0 Å². The van der Waals surface area contributed by atoms with Gasteiger partial charge in [-0.1, -0.05) is 39.5 Å². The second-order valence-electron chi connectivity index (χ2n) is 8.76. The zero-order valence-corrected chi connectivity index (χ0v) is 16.6. The van der Waals surface area contributed by atoms with E-state index in [9.17, 15) is 9.90 Å². The molecule has 0 amide bonds. The number of rotatable bonds is 4. The van der Waals surface area contributed by atoms with E-state index >= 15 is 0 Å². The number of fused-ring (bicyclic) bond motifs is 1. The second kappa shape index (κ2) is 7.43. The van der Waals surface area contributed by atoms with Gasteiger partial charge in [0.05, 0.1) is 18.8 Å². The highest BCUT2D eigenvalue weighted by Gasteiger charge is 2.44. The normalized spacial score (nSPS) is 26.1. The quantitative estimate of drug-likeness (QED) is 0.657. The number of nitrogens with zero attached hydrogens (tertiary/aromatic N) is 3. The lowest BCUT2D eigenvalue weighted by Crippen LogP contribution is -2.45. The van der Waals surface area contributed by atoms with Crippen LogP contribution in [0.3, 0.4) is 0 Å². The summed E-state index contributed by atoms with van der Waals surface area (Å²) in [5, 5.41) is 20.3. The van der Waals surface area contributed by atoms with Gasteiger partial charge in [0.1, 0.15) is 11.0 Å². The van der Waals surface area contributed by atoms with E-state index in [1.54, 1.807) is 11.7 Å². The van der Waals surface area contributed by atoms with Crippen molar-refractivity contribution in [1.82, 2.24) is 15.0 Å². The lowest BCUT2D eigenvalue weighted by Gasteiger charge is -2.44. The van der Waals surface area contributed by atoms with Gasteiger partial charge < -0.3 is 9.84 Å². The van der Waals surface area contributed by atoms with Crippen molar-refractivity contribution in [3.63, 3.8) is 0 Å². The van der Waals surface area contributed by atoms with E-state index in [-0.39, 0.29) is 29.3 Å². The molecule has 146 valence electrons. The van der Waals surface area contributed by atoms with Gasteiger partial charge in [-0.3, -0.25) is 0 Å². The number of hydrogen-bond donors (Lipinski definition) is 1. The molecule has 1 aromatic carbocycles. The molecule has 4 atom stereocenters. The lowest BCUT2D eigenvalue weighted by atomic mass is 9.66. The summed E-state index contributed by atoms with van der Waals surface area (Å²) in [4.78, 5) is 13.4. The molecule has 1 aromatic heterocycles. The number of ether oxygens (including phenoxy) is 1. The summed E-state index contributed by atoms with van der Waals surface area (Å²) in [6.07, 6.45) is 0.906. The molecule has 0 spiro atoms. The van der Waals surface area contributed by atoms with E-state index in [1.165, 1.54) is 0 Å². The number of esters is 1. The Morgan fingerprint density at radius 2 is 1.85 bits per heavy atom.